The maximum Gasteiger partial charge on any atom is 0.0458 e. The first kappa shape index (κ1) is 7.86. The summed E-state index contributed by atoms with van der Waals surface area (Å²) < 4.78 is 0. The standard InChI is InChI=1S/C11H15NS/c1-6-4-7(6)8-5-9(8)11-10(12)2-3-13-11/h2-3,6-9H,4-5,12H2,1H3. The van der Waals surface area contributed by atoms with Crippen molar-refractivity contribution in [1.29, 1.82) is 0 Å². The number of hydrogen-bond acceptors (Lipinski definition) is 2. The molecule has 2 saturated carbocycles. The molecule has 4 unspecified atom stereocenters. The van der Waals surface area contributed by atoms with Crippen LogP contribution in [-0.2, 0) is 0 Å². The Labute approximate surface area is 83.0 Å². The van der Waals surface area contributed by atoms with Gasteiger partial charge < -0.3 is 5.73 Å². The monoisotopic (exact) mass is 193 g/mol. The third-order valence-corrected chi connectivity index (χ3v) is 4.69. The van der Waals surface area contributed by atoms with Crippen LogP contribution in [0.4, 0.5) is 5.69 Å². The van der Waals surface area contributed by atoms with Crippen LogP contribution in [0.1, 0.15) is 30.6 Å². The van der Waals surface area contributed by atoms with E-state index in [2.05, 4.69) is 12.3 Å². The molecule has 2 aliphatic carbocycles. The first-order valence-electron chi connectivity index (χ1n) is 5.10. The molecule has 0 aliphatic heterocycles. The minimum absolute atomic E-state index is 0.829. The molecule has 0 radical (unpaired) electrons. The summed E-state index contributed by atoms with van der Waals surface area (Å²) in [4.78, 5) is 1.46. The molecule has 1 nitrogen and oxygen atoms in total. The highest BCUT2D eigenvalue weighted by molar-refractivity contribution is 7.10. The minimum Gasteiger partial charge on any atom is -0.398 e. The molecule has 2 heteroatoms. The SMILES string of the molecule is CC1CC1C1CC1c1sccc1N. The Hall–Kier alpha value is -0.500. The Morgan fingerprint density at radius 3 is 2.69 bits per heavy atom. The van der Waals surface area contributed by atoms with E-state index in [4.69, 9.17) is 5.73 Å². The molecule has 0 spiro atoms. The van der Waals surface area contributed by atoms with Crippen LogP contribution in [-0.4, -0.2) is 0 Å². The van der Waals surface area contributed by atoms with E-state index in [1.54, 1.807) is 0 Å². The lowest BCUT2D eigenvalue weighted by molar-refractivity contribution is 0.641. The summed E-state index contributed by atoms with van der Waals surface area (Å²) in [6, 6.07) is 2.05. The summed E-state index contributed by atoms with van der Waals surface area (Å²) in [5.74, 6) is 3.84. The van der Waals surface area contributed by atoms with Crippen molar-refractivity contribution in [2.24, 2.45) is 17.8 Å². The van der Waals surface area contributed by atoms with Gasteiger partial charge in [0.15, 0.2) is 0 Å². The van der Waals surface area contributed by atoms with Crippen LogP contribution < -0.4 is 5.73 Å². The fraction of sp³-hybridized carbons (Fsp3) is 0.636. The number of thiophene rings is 1. The highest BCUT2D eigenvalue weighted by Gasteiger charge is 2.52. The van der Waals surface area contributed by atoms with Gasteiger partial charge in [0.1, 0.15) is 0 Å². The van der Waals surface area contributed by atoms with Crippen molar-refractivity contribution < 1.29 is 0 Å². The maximum atomic E-state index is 5.91. The summed E-state index contributed by atoms with van der Waals surface area (Å²) in [7, 11) is 0. The molecule has 3 rings (SSSR count). The summed E-state index contributed by atoms with van der Waals surface area (Å²) in [5, 5.41) is 2.12. The number of nitrogen functional groups attached to an aromatic ring is 1. The van der Waals surface area contributed by atoms with Crippen LogP contribution in [0.15, 0.2) is 11.4 Å². The van der Waals surface area contributed by atoms with Gasteiger partial charge in [0.05, 0.1) is 0 Å². The van der Waals surface area contributed by atoms with Crippen LogP contribution in [0.2, 0.25) is 0 Å². The van der Waals surface area contributed by atoms with Gasteiger partial charge in [-0.25, -0.2) is 0 Å². The van der Waals surface area contributed by atoms with E-state index in [9.17, 15) is 0 Å². The van der Waals surface area contributed by atoms with E-state index in [1.165, 1.54) is 17.7 Å². The molecule has 2 aliphatic rings. The predicted octanol–water partition coefficient (Wildman–Crippen LogP) is 3.09. The molecule has 1 aromatic rings. The fourth-order valence-corrected chi connectivity index (χ4v) is 3.58. The first-order valence-corrected chi connectivity index (χ1v) is 5.98. The van der Waals surface area contributed by atoms with E-state index >= 15 is 0 Å². The van der Waals surface area contributed by atoms with Crippen LogP contribution in [0, 0.1) is 17.8 Å². The van der Waals surface area contributed by atoms with Gasteiger partial charge in [0, 0.05) is 10.6 Å². The maximum absolute atomic E-state index is 5.91. The molecule has 70 valence electrons. The van der Waals surface area contributed by atoms with Gasteiger partial charge in [0.2, 0.25) is 0 Å². The summed E-state index contributed by atoms with van der Waals surface area (Å²) >= 11 is 1.85. The van der Waals surface area contributed by atoms with Crippen molar-refractivity contribution >= 4 is 17.0 Å². The average Bonchev–Trinajstić information content (AvgIpc) is 2.96. The van der Waals surface area contributed by atoms with E-state index in [0.29, 0.717) is 0 Å². The van der Waals surface area contributed by atoms with Gasteiger partial charge in [-0.1, -0.05) is 6.92 Å². The van der Waals surface area contributed by atoms with E-state index in [0.717, 1.165) is 29.4 Å². The lowest BCUT2D eigenvalue weighted by Crippen LogP contribution is -1.89. The molecule has 0 amide bonds. The highest BCUT2D eigenvalue weighted by Crippen LogP contribution is 2.63. The number of anilines is 1. The Bertz CT molecular complexity index is 331. The van der Waals surface area contributed by atoms with Gasteiger partial charge in [-0.15, -0.1) is 11.3 Å². The summed E-state index contributed by atoms with van der Waals surface area (Å²) in [6.45, 7) is 2.37. The van der Waals surface area contributed by atoms with Crippen LogP contribution in [0.3, 0.4) is 0 Å². The molecule has 0 saturated heterocycles. The quantitative estimate of drug-likeness (QED) is 0.767. The molecular formula is C11H15NS. The van der Waals surface area contributed by atoms with Crippen molar-refractivity contribution in [2.45, 2.75) is 25.7 Å². The van der Waals surface area contributed by atoms with Crippen LogP contribution in [0.5, 0.6) is 0 Å². The Kier molecular flexibility index (Phi) is 1.51. The number of rotatable bonds is 2. The van der Waals surface area contributed by atoms with Crippen molar-refractivity contribution in [2.75, 3.05) is 5.73 Å². The number of hydrogen-bond donors (Lipinski definition) is 1. The zero-order valence-corrected chi connectivity index (χ0v) is 8.68. The second-order valence-corrected chi connectivity index (χ2v) is 5.57. The second kappa shape index (κ2) is 2.50. The van der Waals surface area contributed by atoms with Gasteiger partial charge in [-0.05, 0) is 48.0 Å². The molecule has 4 atom stereocenters. The normalized spacial score (nSPS) is 41.9. The summed E-state index contributed by atoms with van der Waals surface area (Å²) in [6.07, 6.45) is 2.87. The second-order valence-electron chi connectivity index (χ2n) is 4.62. The Morgan fingerprint density at radius 1 is 1.38 bits per heavy atom. The molecule has 13 heavy (non-hydrogen) atoms. The smallest absolute Gasteiger partial charge is 0.0458 e. The van der Waals surface area contributed by atoms with Crippen molar-refractivity contribution in [3.8, 4) is 0 Å². The van der Waals surface area contributed by atoms with E-state index < -0.39 is 0 Å². The molecular weight excluding hydrogens is 178 g/mol. The van der Waals surface area contributed by atoms with Gasteiger partial charge in [-0.3, -0.25) is 0 Å². The lowest BCUT2D eigenvalue weighted by atomic mass is 10.1. The zero-order chi connectivity index (χ0) is 9.00. The highest BCUT2D eigenvalue weighted by atomic mass is 32.1. The van der Waals surface area contributed by atoms with Crippen LogP contribution >= 0.6 is 11.3 Å². The lowest BCUT2D eigenvalue weighted by Gasteiger charge is -1.97. The first-order chi connectivity index (χ1) is 6.27. The molecule has 0 bridgehead atoms. The molecule has 0 aromatic carbocycles. The van der Waals surface area contributed by atoms with Crippen molar-refractivity contribution in [3.63, 3.8) is 0 Å². The third kappa shape index (κ3) is 1.19. The van der Waals surface area contributed by atoms with E-state index in [1.807, 2.05) is 17.4 Å². The Morgan fingerprint density at radius 2 is 2.15 bits per heavy atom. The predicted molar refractivity (Wildman–Crippen MR) is 56.9 cm³/mol. The minimum atomic E-state index is 0.829. The van der Waals surface area contributed by atoms with Gasteiger partial charge >= 0.3 is 0 Å². The topological polar surface area (TPSA) is 26.0 Å². The van der Waals surface area contributed by atoms with Crippen LogP contribution in [0.25, 0.3) is 0 Å². The summed E-state index contributed by atoms with van der Waals surface area (Å²) in [5.41, 5.74) is 6.94. The molecule has 1 heterocycles. The molecule has 2 N–H and O–H groups in total. The van der Waals surface area contributed by atoms with Crippen molar-refractivity contribution in [3.05, 3.63) is 16.3 Å². The van der Waals surface area contributed by atoms with E-state index in [-0.39, 0.29) is 0 Å². The molecule has 1 aromatic heterocycles. The average molecular weight is 193 g/mol. The zero-order valence-electron chi connectivity index (χ0n) is 7.86. The van der Waals surface area contributed by atoms with Crippen molar-refractivity contribution in [1.82, 2.24) is 0 Å². The molecule has 2 fully saturated rings. The number of nitrogens with two attached hydrogens (primary N) is 1. The Balaban J connectivity index is 1.73. The van der Waals surface area contributed by atoms with Gasteiger partial charge in [0.25, 0.3) is 0 Å². The van der Waals surface area contributed by atoms with Gasteiger partial charge in [-0.2, -0.15) is 0 Å². The largest absolute Gasteiger partial charge is 0.398 e. The third-order valence-electron chi connectivity index (χ3n) is 3.63. The fourth-order valence-electron chi connectivity index (χ4n) is 2.57.